The number of allylic oxidation sites excluding steroid dienone is 1. The van der Waals surface area contributed by atoms with Crippen LogP contribution in [0.4, 0.5) is 4.39 Å². The van der Waals surface area contributed by atoms with Crippen LogP contribution < -0.4 is 0 Å². The number of aliphatic hydroxyl groups excluding tert-OH is 1. The number of hydrogen-bond donors (Lipinski definition) is 1. The van der Waals surface area contributed by atoms with Crippen molar-refractivity contribution < 1.29 is 23.5 Å². The topological polar surface area (TPSA) is 70.8 Å². The number of rotatable bonds is 4. The molecule has 122 valence electrons. The molecule has 1 aromatic heterocycles. The Kier molecular flexibility index (Phi) is 4.04. The van der Waals surface area contributed by atoms with Crippen LogP contribution in [0.3, 0.4) is 0 Å². The van der Waals surface area contributed by atoms with E-state index in [1.807, 2.05) is 0 Å². The molecule has 1 unspecified atom stereocenters. The van der Waals surface area contributed by atoms with Gasteiger partial charge in [0.15, 0.2) is 11.5 Å². The van der Waals surface area contributed by atoms with Crippen molar-refractivity contribution in [1.29, 1.82) is 0 Å². The summed E-state index contributed by atoms with van der Waals surface area (Å²) in [6, 6.07) is 8.01. The SMILES string of the molecule is CN1C(=O)C(O)=C(C(=O)/C=C/c2ccco2)C1c1ccc(F)cc1. The first kappa shape index (κ1) is 15.7. The summed E-state index contributed by atoms with van der Waals surface area (Å²) < 4.78 is 18.2. The van der Waals surface area contributed by atoms with E-state index in [4.69, 9.17) is 4.42 Å². The van der Waals surface area contributed by atoms with E-state index in [0.717, 1.165) is 0 Å². The number of halogens is 1. The first-order valence-electron chi connectivity index (χ1n) is 7.20. The van der Waals surface area contributed by atoms with E-state index in [-0.39, 0.29) is 5.57 Å². The summed E-state index contributed by atoms with van der Waals surface area (Å²) in [6.07, 6.45) is 4.15. The number of aliphatic hydroxyl groups is 1. The average Bonchev–Trinajstić information content (AvgIpc) is 3.16. The van der Waals surface area contributed by atoms with Crippen LogP contribution >= 0.6 is 0 Å². The Morgan fingerprint density at radius 2 is 2.00 bits per heavy atom. The van der Waals surface area contributed by atoms with Crippen molar-refractivity contribution in [2.24, 2.45) is 0 Å². The van der Waals surface area contributed by atoms with Crippen LogP contribution in [0.15, 0.2) is 64.5 Å². The number of nitrogens with zero attached hydrogens (tertiary/aromatic N) is 1. The number of carbonyl (C=O) groups is 2. The van der Waals surface area contributed by atoms with Gasteiger partial charge >= 0.3 is 0 Å². The first-order chi connectivity index (χ1) is 11.5. The van der Waals surface area contributed by atoms with Crippen LogP contribution in [0.1, 0.15) is 17.4 Å². The van der Waals surface area contributed by atoms with Crippen LogP contribution in [-0.4, -0.2) is 28.7 Å². The predicted molar refractivity (Wildman–Crippen MR) is 84.3 cm³/mol. The smallest absolute Gasteiger partial charge is 0.289 e. The highest BCUT2D eigenvalue weighted by atomic mass is 19.1. The Hall–Kier alpha value is -3.15. The van der Waals surface area contributed by atoms with Crippen molar-refractivity contribution >= 4 is 17.8 Å². The molecule has 2 heterocycles. The Balaban J connectivity index is 1.97. The van der Waals surface area contributed by atoms with E-state index in [9.17, 15) is 19.1 Å². The van der Waals surface area contributed by atoms with E-state index < -0.39 is 29.3 Å². The lowest BCUT2D eigenvalue weighted by molar-refractivity contribution is -0.128. The molecular formula is C18H14FNO4. The molecule has 0 spiro atoms. The standard InChI is InChI=1S/C18H14FNO4/c1-20-16(11-4-6-12(19)7-5-11)15(17(22)18(20)23)14(21)9-8-13-3-2-10-24-13/h2-10,16,22H,1H3/b9-8+. The van der Waals surface area contributed by atoms with Crippen LogP contribution in [0.25, 0.3) is 6.08 Å². The Morgan fingerprint density at radius 3 is 2.62 bits per heavy atom. The van der Waals surface area contributed by atoms with Crippen LogP contribution in [0.2, 0.25) is 0 Å². The third kappa shape index (κ3) is 2.74. The van der Waals surface area contributed by atoms with Crippen LogP contribution in [0, 0.1) is 5.82 Å². The maximum absolute atomic E-state index is 13.1. The van der Waals surface area contributed by atoms with Gasteiger partial charge in [0.05, 0.1) is 17.9 Å². The Morgan fingerprint density at radius 1 is 1.29 bits per heavy atom. The van der Waals surface area contributed by atoms with Gasteiger partial charge in [-0.05, 0) is 42.0 Å². The van der Waals surface area contributed by atoms with Crippen LogP contribution in [-0.2, 0) is 9.59 Å². The minimum atomic E-state index is -0.771. The van der Waals surface area contributed by atoms with Gasteiger partial charge in [-0.3, -0.25) is 9.59 Å². The molecule has 2 aromatic rings. The Labute approximate surface area is 137 Å². The summed E-state index contributed by atoms with van der Waals surface area (Å²) in [5, 5.41) is 10.1. The van der Waals surface area contributed by atoms with Crippen molar-refractivity contribution in [1.82, 2.24) is 4.90 Å². The van der Waals surface area contributed by atoms with Gasteiger partial charge in [-0.25, -0.2) is 4.39 Å². The molecule has 1 atom stereocenters. The monoisotopic (exact) mass is 327 g/mol. The fourth-order valence-electron chi connectivity index (χ4n) is 2.64. The van der Waals surface area contributed by atoms with Gasteiger partial charge in [0.25, 0.3) is 5.91 Å². The summed E-state index contributed by atoms with van der Waals surface area (Å²) in [7, 11) is 1.48. The predicted octanol–water partition coefficient (Wildman–Crippen LogP) is 3.03. The number of furan rings is 1. The van der Waals surface area contributed by atoms with Gasteiger partial charge in [-0.1, -0.05) is 12.1 Å². The van der Waals surface area contributed by atoms with Crippen LogP contribution in [0.5, 0.6) is 0 Å². The number of carbonyl (C=O) groups excluding carboxylic acids is 2. The summed E-state index contributed by atoms with van der Waals surface area (Å²) in [6.45, 7) is 0. The largest absolute Gasteiger partial charge is 0.503 e. The van der Waals surface area contributed by atoms with E-state index in [2.05, 4.69) is 0 Å². The molecule has 0 bridgehead atoms. The molecule has 0 aliphatic carbocycles. The fourth-order valence-corrected chi connectivity index (χ4v) is 2.64. The number of amides is 1. The highest BCUT2D eigenvalue weighted by molar-refractivity contribution is 6.14. The van der Waals surface area contributed by atoms with Gasteiger partial charge in [-0.2, -0.15) is 0 Å². The van der Waals surface area contributed by atoms with Crippen molar-refractivity contribution in [3.8, 4) is 0 Å². The number of hydrogen-bond acceptors (Lipinski definition) is 4. The molecule has 1 aliphatic heterocycles. The van der Waals surface area contributed by atoms with Gasteiger partial charge in [0, 0.05) is 7.05 Å². The highest BCUT2D eigenvalue weighted by Gasteiger charge is 2.40. The average molecular weight is 327 g/mol. The molecule has 24 heavy (non-hydrogen) atoms. The fraction of sp³-hybridized carbons (Fsp3) is 0.111. The second kappa shape index (κ2) is 6.16. The van der Waals surface area contributed by atoms with Crippen molar-refractivity contribution in [2.45, 2.75) is 6.04 Å². The molecule has 3 rings (SSSR count). The molecule has 0 fully saturated rings. The molecule has 1 aliphatic rings. The third-order valence-electron chi connectivity index (χ3n) is 3.83. The molecule has 0 saturated heterocycles. The maximum Gasteiger partial charge on any atom is 0.289 e. The lowest BCUT2D eigenvalue weighted by Crippen LogP contribution is -2.26. The molecule has 6 heteroatoms. The van der Waals surface area contributed by atoms with Gasteiger partial charge in [-0.15, -0.1) is 0 Å². The molecule has 0 radical (unpaired) electrons. The normalized spacial score (nSPS) is 18.0. The Bertz CT molecular complexity index is 834. The van der Waals surface area contributed by atoms with E-state index >= 15 is 0 Å². The van der Waals surface area contributed by atoms with E-state index in [0.29, 0.717) is 11.3 Å². The van der Waals surface area contributed by atoms with Gasteiger partial charge in [0.2, 0.25) is 0 Å². The molecule has 0 saturated carbocycles. The van der Waals surface area contributed by atoms with Crippen molar-refractivity contribution in [3.63, 3.8) is 0 Å². The van der Waals surface area contributed by atoms with Crippen molar-refractivity contribution in [2.75, 3.05) is 7.05 Å². The molecular weight excluding hydrogens is 313 g/mol. The van der Waals surface area contributed by atoms with E-state index in [1.165, 1.54) is 54.6 Å². The highest BCUT2D eigenvalue weighted by Crippen LogP contribution is 2.36. The van der Waals surface area contributed by atoms with Gasteiger partial charge < -0.3 is 14.4 Å². The third-order valence-corrected chi connectivity index (χ3v) is 3.83. The second-order valence-electron chi connectivity index (χ2n) is 5.35. The van der Waals surface area contributed by atoms with Crippen molar-refractivity contribution in [3.05, 3.63) is 77.2 Å². The molecule has 1 N–H and O–H groups in total. The lowest BCUT2D eigenvalue weighted by atomic mass is 9.96. The second-order valence-corrected chi connectivity index (χ2v) is 5.35. The number of likely N-dealkylation sites (N-methyl/N-ethyl adjacent to an activating group) is 1. The maximum atomic E-state index is 13.1. The zero-order chi connectivity index (χ0) is 17.3. The van der Waals surface area contributed by atoms with E-state index in [1.54, 1.807) is 12.1 Å². The number of ketones is 1. The van der Waals surface area contributed by atoms with Gasteiger partial charge in [0.1, 0.15) is 11.6 Å². The quantitative estimate of drug-likeness (QED) is 0.876. The molecule has 1 aromatic carbocycles. The molecule has 5 nitrogen and oxygen atoms in total. The lowest BCUT2D eigenvalue weighted by Gasteiger charge is -2.22. The molecule has 1 amide bonds. The minimum Gasteiger partial charge on any atom is -0.503 e. The first-order valence-corrected chi connectivity index (χ1v) is 7.20. The summed E-state index contributed by atoms with van der Waals surface area (Å²) in [5.74, 6) is -1.72. The minimum absolute atomic E-state index is 0.0445. The number of benzene rings is 1. The summed E-state index contributed by atoms with van der Waals surface area (Å²) in [4.78, 5) is 25.8. The summed E-state index contributed by atoms with van der Waals surface area (Å²) in [5.41, 5.74) is 0.489. The summed E-state index contributed by atoms with van der Waals surface area (Å²) >= 11 is 0. The zero-order valence-electron chi connectivity index (χ0n) is 12.8. The zero-order valence-corrected chi connectivity index (χ0v) is 12.8.